The second kappa shape index (κ2) is 7.40. The molecule has 0 spiro atoms. The van der Waals surface area contributed by atoms with E-state index in [9.17, 15) is 0 Å². The van der Waals surface area contributed by atoms with Gasteiger partial charge in [0.2, 0.25) is 0 Å². The molecule has 0 aliphatic rings. The van der Waals surface area contributed by atoms with Crippen molar-refractivity contribution < 1.29 is 0 Å². The summed E-state index contributed by atoms with van der Waals surface area (Å²) in [7, 11) is 2.01. The highest BCUT2D eigenvalue weighted by Gasteiger charge is 2.17. The van der Waals surface area contributed by atoms with Gasteiger partial charge in [0.1, 0.15) is 5.82 Å². The fraction of sp³-hybridized carbons (Fsp3) is 0.190. The molecular weight excluding hydrogens is 354 g/mol. The first-order chi connectivity index (χ1) is 13.1. The Morgan fingerprint density at radius 3 is 2.48 bits per heavy atom. The summed E-state index contributed by atoms with van der Waals surface area (Å²) in [5, 5.41) is 9.85. The van der Waals surface area contributed by atoms with Gasteiger partial charge in [-0.25, -0.2) is 4.98 Å². The van der Waals surface area contributed by atoms with Gasteiger partial charge in [0.15, 0.2) is 11.0 Å². The molecule has 0 aliphatic heterocycles. The van der Waals surface area contributed by atoms with E-state index >= 15 is 0 Å². The Hall–Kier alpha value is -2.86. The predicted molar refractivity (Wildman–Crippen MR) is 109 cm³/mol. The van der Waals surface area contributed by atoms with Gasteiger partial charge in [-0.15, -0.1) is 10.2 Å². The van der Waals surface area contributed by atoms with Gasteiger partial charge >= 0.3 is 0 Å². The monoisotopic (exact) mass is 375 g/mol. The van der Waals surface area contributed by atoms with Crippen LogP contribution in [0.5, 0.6) is 0 Å². The molecule has 4 rings (SSSR count). The number of benzene rings is 2. The minimum atomic E-state index is 0.737. The summed E-state index contributed by atoms with van der Waals surface area (Å²) >= 11 is 1.65. The summed E-state index contributed by atoms with van der Waals surface area (Å²) in [6.07, 6.45) is 3.78. The SMILES string of the molecule is Cc1ccc(-n2c(SCc3nccn3C)nnc2-c2ccccc2)cc1C. The summed E-state index contributed by atoms with van der Waals surface area (Å²) in [4.78, 5) is 4.41. The zero-order chi connectivity index (χ0) is 18.8. The van der Waals surface area contributed by atoms with E-state index < -0.39 is 0 Å². The van der Waals surface area contributed by atoms with Crippen molar-refractivity contribution in [3.05, 3.63) is 77.9 Å². The third kappa shape index (κ3) is 3.53. The van der Waals surface area contributed by atoms with Crippen molar-refractivity contribution in [2.24, 2.45) is 7.05 Å². The summed E-state index contributed by atoms with van der Waals surface area (Å²) < 4.78 is 4.16. The molecule has 4 aromatic rings. The van der Waals surface area contributed by atoms with E-state index in [1.54, 1.807) is 11.8 Å². The summed E-state index contributed by atoms with van der Waals surface area (Å²) in [6.45, 7) is 4.26. The van der Waals surface area contributed by atoms with Crippen LogP contribution in [0.15, 0.2) is 66.1 Å². The van der Waals surface area contributed by atoms with Crippen LogP contribution >= 0.6 is 11.8 Å². The van der Waals surface area contributed by atoms with E-state index in [0.717, 1.165) is 33.8 Å². The van der Waals surface area contributed by atoms with E-state index in [2.05, 4.69) is 63.9 Å². The Morgan fingerprint density at radius 1 is 0.963 bits per heavy atom. The lowest BCUT2D eigenvalue weighted by Crippen LogP contribution is -2.02. The number of hydrogen-bond donors (Lipinski definition) is 0. The largest absolute Gasteiger partial charge is 0.337 e. The highest BCUT2D eigenvalue weighted by molar-refractivity contribution is 7.98. The van der Waals surface area contributed by atoms with Gasteiger partial charge in [-0.1, -0.05) is 48.2 Å². The third-order valence-corrected chi connectivity index (χ3v) is 5.59. The number of imidazole rings is 1. The Labute approximate surface area is 163 Å². The van der Waals surface area contributed by atoms with Gasteiger partial charge in [0.25, 0.3) is 0 Å². The topological polar surface area (TPSA) is 48.5 Å². The maximum atomic E-state index is 4.50. The van der Waals surface area contributed by atoms with E-state index in [4.69, 9.17) is 0 Å². The molecule has 0 fully saturated rings. The molecule has 0 radical (unpaired) electrons. The average molecular weight is 376 g/mol. The number of thioether (sulfide) groups is 1. The second-order valence-electron chi connectivity index (χ2n) is 6.52. The molecule has 0 bridgehead atoms. The van der Waals surface area contributed by atoms with E-state index in [1.807, 2.05) is 42.2 Å². The van der Waals surface area contributed by atoms with Crippen molar-refractivity contribution in [2.45, 2.75) is 24.8 Å². The standard InChI is InChI=1S/C21H21N5S/c1-15-9-10-18(13-16(15)2)26-20(17-7-5-4-6-8-17)23-24-21(26)27-14-19-22-11-12-25(19)3/h4-13H,14H2,1-3H3. The molecular formula is C21H21N5S. The third-order valence-electron chi connectivity index (χ3n) is 4.67. The van der Waals surface area contributed by atoms with E-state index in [1.165, 1.54) is 11.1 Å². The van der Waals surface area contributed by atoms with Gasteiger partial charge < -0.3 is 4.57 Å². The van der Waals surface area contributed by atoms with Gasteiger partial charge in [0.05, 0.1) is 11.4 Å². The Balaban J connectivity index is 1.78. The molecule has 0 atom stereocenters. The van der Waals surface area contributed by atoms with Crippen LogP contribution in [0.4, 0.5) is 0 Å². The quantitative estimate of drug-likeness (QED) is 0.479. The molecule has 0 saturated carbocycles. The van der Waals surface area contributed by atoms with Gasteiger partial charge in [0, 0.05) is 25.0 Å². The zero-order valence-electron chi connectivity index (χ0n) is 15.6. The normalized spacial score (nSPS) is 11.1. The smallest absolute Gasteiger partial charge is 0.196 e. The minimum absolute atomic E-state index is 0.737. The maximum Gasteiger partial charge on any atom is 0.196 e. The van der Waals surface area contributed by atoms with E-state index in [-0.39, 0.29) is 0 Å². The van der Waals surface area contributed by atoms with Crippen LogP contribution in [-0.4, -0.2) is 24.3 Å². The van der Waals surface area contributed by atoms with Crippen molar-refractivity contribution in [1.82, 2.24) is 24.3 Å². The molecule has 0 saturated heterocycles. The number of nitrogens with zero attached hydrogens (tertiary/aromatic N) is 5. The summed E-state index contributed by atoms with van der Waals surface area (Å²) in [5.41, 5.74) is 4.65. The van der Waals surface area contributed by atoms with E-state index in [0.29, 0.717) is 0 Å². The molecule has 2 heterocycles. The molecule has 2 aromatic heterocycles. The van der Waals surface area contributed by atoms with Crippen molar-refractivity contribution in [2.75, 3.05) is 0 Å². The van der Waals surface area contributed by atoms with Crippen molar-refractivity contribution >= 4 is 11.8 Å². The second-order valence-corrected chi connectivity index (χ2v) is 7.46. The van der Waals surface area contributed by atoms with Crippen molar-refractivity contribution in [3.8, 4) is 17.1 Å². The van der Waals surface area contributed by atoms with Crippen LogP contribution in [0.3, 0.4) is 0 Å². The first-order valence-electron chi connectivity index (χ1n) is 8.81. The number of aryl methyl sites for hydroxylation is 3. The molecule has 5 nitrogen and oxygen atoms in total. The van der Waals surface area contributed by atoms with Crippen LogP contribution in [0.2, 0.25) is 0 Å². The number of rotatable bonds is 5. The first kappa shape index (κ1) is 17.5. The fourth-order valence-electron chi connectivity index (χ4n) is 2.90. The lowest BCUT2D eigenvalue weighted by Gasteiger charge is -2.12. The Morgan fingerprint density at radius 2 is 1.78 bits per heavy atom. The molecule has 0 unspecified atom stereocenters. The van der Waals surface area contributed by atoms with Crippen LogP contribution in [0, 0.1) is 13.8 Å². The molecule has 0 N–H and O–H groups in total. The predicted octanol–water partition coefficient (Wildman–Crippen LogP) is 4.58. The lowest BCUT2D eigenvalue weighted by molar-refractivity contribution is 0.841. The molecule has 6 heteroatoms. The van der Waals surface area contributed by atoms with Crippen molar-refractivity contribution in [3.63, 3.8) is 0 Å². The highest BCUT2D eigenvalue weighted by Crippen LogP contribution is 2.30. The number of aromatic nitrogens is 5. The Bertz CT molecular complexity index is 1070. The molecule has 0 amide bonds. The average Bonchev–Trinajstić information content (AvgIpc) is 3.29. The van der Waals surface area contributed by atoms with Crippen molar-refractivity contribution in [1.29, 1.82) is 0 Å². The Kier molecular flexibility index (Phi) is 4.81. The molecule has 136 valence electrons. The van der Waals surface area contributed by atoms with Gasteiger partial charge in [-0.3, -0.25) is 4.57 Å². The van der Waals surface area contributed by atoms with Crippen LogP contribution in [0.25, 0.3) is 17.1 Å². The van der Waals surface area contributed by atoms with Gasteiger partial charge in [-0.05, 0) is 37.1 Å². The number of hydrogen-bond acceptors (Lipinski definition) is 4. The maximum absolute atomic E-state index is 4.50. The highest BCUT2D eigenvalue weighted by atomic mass is 32.2. The zero-order valence-corrected chi connectivity index (χ0v) is 16.4. The van der Waals surface area contributed by atoms with Gasteiger partial charge in [-0.2, -0.15) is 0 Å². The first-order valence-corrected chi connectivity index (χ1v) is 9.79. The summed E-state index contributed by atoms with van der Waals surface area (Å²) in [6, 6.07) is 16.6. The molecule has 2 aromatic carbocycles. The molecule has 0 aliphatic carbocycles. The fourth-order valence-corrected chi connectivity index (χ4v) is 3.86. The van der Waals surface area contributed by atoms with Crippen LogP contribution in [0.1, 0.15) is 17.0 Å². The lowest BCUT2D eigenvalue weighted by atomic mass is 10.1. The minimum Gasteiger partial charge on any atom is -0.337 e. The van der Waals surface area contributed by atoms with Crippen LogP contribution < -0.4 is 0 Å². The molecule has 27 heavy (non-hydrogen) atoms. The summed E-state index contributed by atoms with van der Waals surface area (Å²) in [5.74, 6) is 2.60. The van der Waals surface area contributed by atoms with Crippen LogP contribution in [-0.2, 0) is 12.8 Å².